The lowest BCUT2D eigenvalue weighted by atomic mass is 10.0. The van der Waals surface area contributed by atoms with Crippen LogP contribution in [-0.2, 0) is 4.79 Å². The number of carbonyl (C=O) groups excluding carboxylic acids is 1. The summed E-state index contributed by atoms with van der Waals surface area (Å²) >= 11 is 0. The van der Waals surface area contributed by atoms with E-state index in [1.165, 1.54) is 0 Å². The molecular formula is C8H18N2O. The van der Waals surface area contributed by atoms with Crippen molar-refractivity contribution in [3.05, 3.63) is 0 Å². The Morgan fingerprint density at radius 2 is 2.18 bits per heavy atom. The number of hydrogen-bond donors (Lipinski definition) is 2. The van der Waals surface area contributed by atoms with Gasteiger partial charge < -0.3 is 11.1 Å². The van der Waals surface area contributed by atoms with Crippen LogP contribution in [0.4, 0.5) is 0 Å². The zero-order valence-corrected chi connectivity index (χ0v) is 7.39. The van der Waals surface area contributed by atoms with Crippen molar-refractivity contribution in [2.45, 2.75) is 26.2 Å². The van der Waals surface area contributed by atoms with E-state index in [0.717, 1.165) is 19.4 Å². The van der Waals surface area contributed by atoms with E-state index >= 15 is 0 Å². The molecule has 3 nitrogen and oxygen atoms in total. The molecule has 1 amide bonds. The highest BCUT2D eigenvalue weighted by atomic mass is 16.1. The average molecular weight is 158 g/mol. The molecule has 0 radical (unpaired) electrons. The van der Waals surface area contributed by atoms with E-state index in [-0.39, 0.29) is 5.91 Å². The summed E-state index contributed by atoms with van der Waals surface area (Å²) in [5, 5.41) is 2.59. The Labute approximate surface area is 68.3 Å². The van der Waals surface area contributed by atoms with Gasteiger partial charge in [-0.2, -0.15) is 0 Å². The lowest BCUT2D eigenvalue weighted by Crippen LogP contribution is -2.18. The number of nitrogens with one attached hydrogen (secondary N) is 1. The summed E-state index contributed by atoms with van der Waals surface area (Å²) in [6.07, 6.45) is 2.57. The fourth-order valence-electron chi connectivity index (χ4n) is 0.931. The van der Waals surface area contributed by atoms with Gasteiger partial charge in [0.05, 0.1) is 0 Å². The monoisotopic (exact) mass is 158 g/mol. The van der Waals surface area contributed by atoms with Gasteiger partial charge in [0, 0.05) is 13.5 Å². The van der Waals surface area contributed by atoms with Crippen LogP contribution in [0.5, 0.6) is 0 Å². The van der Waals surface area contributed by atoms with Crippen LogP contribution >= 0.6 is 0 Å². The summed E-state index contributed by atoms with van der Waals surface area (Å²) in [6.45, 7) is 2.84. The normalized spacial score (nSPS) is 12.6. The maximum absolute atomic E-state index is 10.8. The summed E-state index contributed by atoms with van der Waals surface area (Å²) in [6, 6.07) is 0. The molecule has 0 rings (SSSR count). The molecule has 11 heavy (non-hydrogen) atoms. The minimum Gasteiger partial charge on any atom is -0.359 e. The van der Waals surface area contributed by atoms with Gasteiger partial charge in [-0.15, -0.1) is 0 Å². The predicted octanol–water partition coefficient (Wildman–Crippen LogP) is 0.497. The topological polar surface area (TPSA) is 55.1 Å². The first kappa shape index (κ1) is 10.4. The Morgan fingerprint density at radius 3 is 2.64 bits per heavy atom. The van der Waals surface area contributed by atoms with E-state index in [4.69, 9.17) is 5.73 Å². The molecule has 1 unspecified atom stereocenters. The van der Waals surface area contributed by atoms with E-state index in [9.17, 15) is 4.79 Å². The summed E-state index contributed by atoms with van der Waals surface area (Å²) in [7, 11) is 1.66. The Morgan fingerprint density at radius 1 is 1.55 bits per heavy atom. The van der Waals surface area contributed by atoms with Gasteiger partial charge >= 0.3 is 0 Å². The largest absolute Gasteiger partial charge is 0.359 e. The number of nitrogens with two attached hydrogens (primary N) is 1. The highest BCUT2D eigenvalue weighted by molar-refractivity contribution is 5.75. The van der Waals surface area contributed by atoms with Gasteiger partial charge in [-0.3, -0.25) is 4.79 Å². The van der Waals surface area contributed by atoms with E-state index in [0.29, 0.717) is 12.3 Å². The van der Waals surface area contributed by atoms with Crippen molar-refractivity contribution in [3.8, 4) is 0 Å². The first-order chi connectivity index (χ1) is 5.20. The molecule has 0 aromatic rings. The van der Waals surface area contributed by atoms with E-state index < -0.39 is 0 Å². The standard InChI is InChI=1S/C8H18N2O/c1-7(5-6-9)3-4-8(11)10-2/h7H,3-6,9H2,1-2H3,(H,10,11). The van der Waals surface area contributed by atoms with Crippen molar-refractivity contribution in [2.75, 3.05) is 13.6 Å². The molecule has 0 aromatic carbocycles. The molecule has 0 aliphatic heterocycles. The molecule has 0 bridgehead atoms. The third-order valence-corrected chi connectivity index (χ3v) is 1.80. The smallest absolute Gasteiger partial charge is 0.219 e. The fourth-order valence-corrected chi connectivity index (χ4v) is 0.931. The third-order valence-electron chi connectivity index (χ3n) is 1.80. The second-order valence-electron chi connectivity index (χ2n) is 2.89. The molecule has 0 heterocycles. The summed E-state index contributed by atoms with van der Waals surface area (Å²) in [5.74, 6) is 0.686. The molecule has 0 aromatic heterocycles. The van der Waals surface area contributed by atoms with Crippen LogP contribution in [0, 0.1) is 5.92 Å². The molecule has 1 atom stereocenters. The highest BCUT2D eigenvalue weighted by Gasteiger charge is 2.03. The molecule has 0 aliphatic carbocycles. The molecule has 0 spiro atoms. The Hall–Kier alpha value is -0.570. The average Bonchev–Trinajstić information content (AvgIpc) is 2.01. The minimum atomic E-state index is 0.119. The third kappa shape index (κ3) is 5.85. The van der Waals surface area contributed by atoms with Crippen molar-refractivity contribution >= 4 is 5.91 Å². The van der Waals surface area contributed by atoms with Gasteiger partial charge in [-0.25, -0.2) is 0 Å². The SMILES string of the molecule is CNC(=O)CCC(C)CCN. The van der Waals surface area contributed by atoms with Crippen LogP contribution in [0.1, 0.15) is 26.2 Å². The van der Waals surface area contributed by atoms with Crippen LogP contribution in [0.3, 0.4) is 0 Å². The Bertz CT molecular complexity index is 115. The number of amides is 1. The number of carbonyl (C=O) groups is 1. The molecule has 0 aliphatic rings. The molecule has 0 fully saturated rings. The van der Waals surface area contributed by atoms with Crippen LogP contribution in [0.15, 0.2) is 0 Å². The first-order valence-electron chi connectivity index (χ1n) is 4.11. The lowest BCUT2D eigenvalue weighted by molar-refractivity contribution is -0.120. The predicted molar refractivity (Wildman–Crippen MR) is 46.1 cm³/mol. The molecule has 66 valence electrons. The molecule has 0 saturated heterocycles. The zero-order chi connectivity index (χ0) is 8.69. The Balaban J connectivity index is 3.29. The van der Waals surface area contributed by atoms with Crippen molar-refractivity contribution in [1.29, 1.82) is 0 Å². The lowest BCUT2D eigenvalue weighted by Gasteiger charge is -2.07. The van der Waals surface area contributed by atoms with Gasteiger partial charge in [-0.1, -0.05) is 6.92 Å². The van der Waals surface area contributed by atoms with Gasteiger partial charge in [0.15, 0.2) is 0 Å². The zero-order valence-electron chi connectivity index (χ0n) is 7.39. The van der Waals surface area contributed by atoms with Crippen LogP contribution in [0.25, 0.3) is 0 Å². The Kier molecular flexibility index (Phi) is 5.84. The van der Waals surface area contributed by atoms with E-state index in [2.05, 4.69) is 12.2 Å². The van der Waals surface area contributed by atoms with Gasteiger partial charge in [0.25, 0.3) is 0 Å². The molecule has 3 heteroatoms. The van der Waals surface area contributed by atoms with Crippen LogP contribution in [-0.4, -0.2) is 19.5 Å². The molecular weight excluding hydrogens is 140 g/mol. The van der Waals surface area contributed by atoms with Gasteiger partial charge in [-0.05, 0) is 25.3 Å². The summed E-state index contributed by atoms with van der Waals surface area (Å²) < 4.78 is 0. The summed E-state index contributed by atoms with van der Waals surface area (Å²) in [5.41, 5.74) is 5.37. The highest BCUT2D eigenvalue weighted by Crippen LogP contribution is 2.08. The van der Waals surface area contributed by atoms with E-state index in [1.807, 2.05) is 0 Å². The van der Waals surface area contributed by atoms with Crippen molar-refractivity contribution < 1.29 is 4.79 Å². The van der Waals surface area contributed by atoms with Crippen LogP contribution < -0.4 is 11.1 Å². The van der Waals surface area contributed by atoms with Crippen molar-refractivity contribution in [3.63, 3.8) is 0 Å². The van der Waals surface area contributed by atoms with Crippen molar-refractivity contribution in [2.24, 2.45) is 11.7 Å². The maximum atomic E-state index is 10.8. The fraction of sp³-hybridized carbons (Fsp3) is 0.875. The quantitative estimate of drug-likeness (QED) is 0.612. The van der Waals surface area contributed by atoms with E-state index in [1.54, 1.807) is 7.05 Å². The van der Waals surface area contributed by atoms with Gasteiger partial charge in [0.1, 0.15) is 0 Å². The van der Waals surface area contributed by atoms with Gasteiger partial charge in [0.2, 0.25) is 5.91 Å². The number of rotatable bonds is 5. The second kappa shape index (κ2) is 6.16. The molecule has 0 saturated carbocycles. The molecule has 3 N–H and O–H groups in total. The van der Waals surface area contributed by atoms with Crippen LogP contribution in [0.2, 0.25) is 0 Å². The number of hydrogen-bond acceptors (Lipinski definition) is 2. The minimum absolute atomic E-state index is 0.119. The van der Waals surface area contributed by atoms with Crippen molar-refractivity contribution in [1.82, 2.24) is 5.32 Å². The maximum Gasteiger partial charge on any atom is 0.219 e. The first-order valence-corrected chi connectivity index (χ1v) is 4.11. The summed E-state index contributed by atoms with van der Waals surface area (Å²) in [4.78, 5) is 10.8. The second-order valence-corrected chi connectivity index (χ2v) is 2.89.